The standard InChI is InChI=1S/C23H24F3IN4O/c1-2-3-4-5-13-32-19-11-9-17(10-12-19)30-22-28-15-20(23(24,25)26)21(31-22)29-18-8-6-7-16(27)14-18/h6-12,14-15H,2-5,13H2,1H3,(H2,28,29,30,31). The van der Waals surface area contributed by atoms with Gasteiger partial charge in [-0.25, -0.2) is 4.98 Å². The number of hydrogen-bond donors (Lipinski definition) is 2. The number of halogens is 4. The Morgan fingerprint density at radius 2 is 1.75 bits per heavy atom. The first-order chi connectivity index (χ1) is 15.3. The summed E-state index contributed by atoms with van der Waals surface area (Å²) < 4.78 is 46.9. The number of benzene rings is 2. The van der Waals surface area contributed by atoms with E-state index >= 15 is 0 Å². The Labute approximate surface area is 199 Å². The summed E-state index contributed by atoms with van der Waals surface area (Å²) in [6.07, 6.45) is 0.704. The molecule has 0 aliphatic carbocycles. The van der Waals surface area contributed by atoms with Gasteiger partial charge in [0.15, 0.2) is 0 Å². The van der Waals surface area contributed by atoms with Gasteiger partial charge in [-0.3, -0.25) is 0 Å². The lowest BCUT2D eigenvalue weighted by Gasteiger charge is -2.15. The average Bonchev–Trinajstić information content (AvgIpc) is 2.74. The Morgan fingerprint density at radius 1 is 0.969 bits per heavy atom. The van der Waals surface area contributed by atoms with Crippen molar-refractivity contribution in [2.24, 2.45) is 0 Å². The van der Waals surface area contributed by atoms with Crippen LogP contribution in [0.25, 0.3) is 0 Å². The fraction of sp³-hybridized carbons (Fsp3) is 0.304. The maximum atomic E-state index is 13.4. The second-order valence-corrected chi connectivity index (χ2v) is 8.39. The van der Waals surface area contributed by atoms with Crippen LogP contribution in [0.1, 0.15) is 38.2 Å². The molecule has 0 saturated carbocycles. The normalized spacial score (nSPS) is 11.3. The molecule has 0 saturated heterocycles. The smallest absolute Gasteiger partial charge is 0.421 e. The largest absolute Gasteiger partial charge is 0.494 e. The van der Waals surface area contributed by atoms with Gasteiger partial charge in [-0.2, -0.15) is 18.2 Å². The van der Waals surface area contributed by atoms with Crippen LogP contribution >= 0.6 is 22.6 Å². The molecule has 170 valence electrons. The van der Waals surface area contributed by atoms with E-state index in [1.165, 1.54) is 12.8 Å². The summed E-state index contributed by atoms with van der Waals surface area (Å²) in [5, 5.41) is 5.70. The van der Waals surface area contributed by atoms with Crippen LogP contribution in [0.5, 0.6) is 5.75 Å². The highest BCUT2D eigenvalue weighted by molar-refractivity contribution is 14.1. The van der Waals surface area contributed by atoms with Gasteiger partial charge in [0.05, 0.1) is 6.61 Å². The Hall–Kier alpha value is -2.56. The molecule has 0 unspecified atom stereocenters. The van der Waals surface area contributed by atoms with Gasteiger partial charge in [-0.1, -0.05) is 32.3 Å². The number of unbranched alkanes of at least 4 members (excludes halogenated alkanes) is 3. The number of anilines is 4. The summed E-state index contributed by atoms with van der Waals surface area (Å²) in [7, 11) is 0. The molecule has 0 fully saturated rings. The van der Waals surface area contributed by atoms with Crippen molar-refractivity contribution in [3.8, 4) is 5.75 Å². The Kier molecular flexibility index (Phi) is 8.54. The quantitative estimate of drug-likeness (QED) is 0.200. The van der Waals surface area contributed by atoms with E-state index in [1.807, 2.05) is 6.07 Å². The van der Waals surface area contributed by atoms with Crippen LogP contribution in [-0.4, -0.2) is 16.6 Å². The van der Waals surface area contributed by atoms with Gasteiger partial charge in [-0.15, -0.1) is 0 Å². The summed E-state index contributed by atoms with van der Waals surface area (Å²) in [5.41, 5.74) is 0.213. The molecule has 3 rings (SSSR count). The van der Waals surface area contributed by atoms with Crippen molar-refractivity contribution in [1.82, 2.24) is 9.97 Å². The third-order valence-electron chi connectivity index (χ3n) is 4.56. The van der Waals surface area contributed by atoms with Crippen LogP contribution in [0.3, 0.4) is 0 Å². The van der Waals surface area contributed by atoms with Crippen LogP contribution in [0.4, 0.5) is 36.3 Å². The minimum absolute atomic E-state index is 0.0550. The molecule has 0 amide bonds. The van der Waals surface area contributed by atoms with Crippen LogP contribution < -0.4 is 15.4 Å². The molecule has 0 radical (unpaired) electrons. The van der Waals surface area contributed by atoms with E-state index in [1.54, 1.807) is 42.5 Å². The third kappa shape index (κ3) is 7.25. The number of aromatic nitrogens is 2. The molecule has 0 bridgehead atoms. The number of hydrogen-bond acceptors (Lipinski definition) is 5. The van der Waals surface area contributed by atoms with Crippen LogP contribution in [0.15, 0.2) is 54.7 Å². The van der Waals surface area contributed by atoms with Gasteiger partial charge in [0.1, 0.15) is 17.1 Å². The first-order valence-electron chi connectivity index (χ1n) is 10.3. The van der Waals surface area contributed by atoms with E-state index in [2.05, 4.69) is 50.1 Å². The zero-order valence-electron chi connectivity index (χ0n) is 17.5. The minimum Gasteiger partial charge on any atom is -0.494 e. The van der Waals surface area contributed by atoms with Crippen LogP contribution in [0.2, 0.25) is 0 Å². The molecule has 0 atom stereocenters. The summed E-state index contributed by atoms with van der Waals surface area (Å²) in [4.78, 5) is 7.92. The number of ether oxygens (including phenoxy) is 1. The van der Waals surface area contributed by atoms with E-state index in [-0.39, 0.29) is 11.8 Å². The number of rotatable bonds is 10. The van der Waals surface area contributed by atoms with Crippen LogP contribution in [0, 0.1) is 3.57 Å². The second kappa shape index (κ2) is 11.3. The van der Waals surface area contributed by atoms with E-state index in [9.17, 15) is 13.2 Å². The maximum Gasteiger partial charge on any atom is 0.421 e. The SMILES string of the molecule is CCCCCCOc1ccc(Nc2ncc(C(F)(F)F)c(Nc3cccc(I)c3)n2)cc1. The maximum absolute atomic E-state index is 13.4. The molecule has 0 aliphatic heterocycles. The van der Waals surface area contributed by atoms with Gasteiger partial charge in [0.25, 0.3) is 0 Å². The second-order valence-electron chi connectivity index (χ2n) is 7.15. The van der Waals surface area contributed by atoms with E-state index in [0.29, 0.717) is 18.0 Å². The number of nitrogens with zero attached hydrogens (tertiary/aromatic N) is 2. The summed E-state index contributed by atoms with van der Waals surface area (Å²) in [5.74, 6) is 0.477. The van der Waals surface area contributed by atoms with Crippen molar-refractivity contribution in [3.05, 3.63) is 63.9 Å². The first-order valence-corrected chi connectivity index (χ1v) is 11.4. The average molecular weight is 556 g/mol. The summed E-state index contributed by atoms with van der Waals surface area (Å²) >= 11 is 2.09. The van der Waals surface area contributed by atoms with Crippen molar-refractivity contribution in [1.29, 1.82) is 0 Å². The Bertz CT molecular complexity index is 1010. The van der Waals surface area contributed by atoms with Crippen LogP contribution in [-0.2, 0) is 6.18 Å². The zero-order valence-corrected chi connectivity index (χ0v) is 19.7. The van der Waals surface area contributed by atoms with Crippen molar-refractivity contribution < 1.29 is 17.9 Å². The molecule has 0 aliphatic rings. The predicted molar refractivity (Wildman–Crippen MR) is 129 cm³/mol. The Morgan fingerprint density at radius 3 is 2.44 bits per heavy atom. The lowest BCUT2D eigenvalue weighted by atomic mass is 10.2. The zero-order chi connectivity index (χ0) is 23.0. The minimum atomic E-state index is -4.58. The molecular formula is C23H24F3IN4O. The fourth-order valence-corrected chi connectivity index (χ4v) is 3.47. The molecule has 9 heteroatoms. The molecule has 1 aromatic heterocycles. The van der Waals surface area contributed by atoms with E-state index < -0.39 is 11.7 Å². The fourth-order valence-electron chi connectivity index (χ4n) is 2.93. The molecular weight excluding hydrogens is 532 g/mol. The van der Waals surface area contributed by atoms with Gasteiger partial charge in [-0.05, 0) is 71.5 Å². The number of nitrogens with one attached hydrogen (secondary N) is 2. The topological polar surface area (TPSA) is 59.1 Å². The molecule has 3 aromatic rings. The lowest BCUT2D eigenvalue weighted by Crippen LogP contribution is -2.12. The monoisotopic (exact) mass is 556 g/mol. The van der Waals surface area contributed by atoms with Gasteiger partial charge >= 0.3 is 6.18 Å². The highest BCUT2D eigenvalue weighted by atomic mass is 127. The molecule has 2 aromatic carbocycles. The van der Waals surface area contributed by atoms with E-state index in [0.717, 1.165) is 28.4 Å². The number of alkyl halides is 3. The molecule has 2 N–H and O–H groups in total. The highest BCUT2D eigenvalue weighted by Crippen LogP contribution is 2.35. The third-order valence-corrected chi connectivity index (χ3v) is 5.23. The predicted octanol–water partition coefficient (Wildman–Crippen LogP) is 7.55. The summed E-state index contributed by atoms with van der Waals surface area (Å²) in [6, 6.07) is 14.2. The van der Waals surface area contributed by atoms with Gasteiger partial charge in [0, 0.05) is 21.1 Å². The highest BCUT2D eigenvalue weighted by Gasteiger charge is 2.35. The van der Waals surface area contributed by atoms with Crippen molar-refractivity contribution in [2.75, 3.05) is 17.2 Å². The van der Waals surface area contributed by atoms with Gasteiger partial charge in [0.2, 0.25) is 5.95 Å². The van der Waals surface area contributed by atoms with Gasteiger partial charge < -0.3 is 15.4 Å². The van der Waals surface area contributed by atoms with E-state index in [4.69, 9.17) is 4.74 Å². The molecule has 0 spiro atoms. The Balaban J connectivity index is 1.71. The molecule has 5 nitrogen and oxygen atoms in total. The summed E-state index contributed by atoms with van der Waals surface area (Å²) in [6.45, 7) is 2.82. The van der Waals surface area contributed by atoms with Crippen molar-refractivity contribution >= 4 is 45.7 Å². The first kappa shape index (κ1) is 24.1. The molecule has 1 heterocycles. The van der Waals surface area contributed by atoms with Crippen molar-refractivity contribution in [3.63, 3.8) is 0 Å². The van der Waals surface area contributed by atoms with Crippen molar-refractivity contribution in [2.45, 2.75) is 38.8 Å². The molecule has 32 heavy (non-hydrogen) atoms. The lowest BCUT2D eigenvalue weighted by molar-refractivity contribution is -0.137.